The molecule has 0 aliphatic carbocycles. The van der Waals surface area contributed by atoms with Gasteiger partial charge in [-0.3, -0.25) is 9.59 Å². The Morgan fingerprint density at radius 2 is 1.95 bits per heavy atom. The lowest BCUT2D eigenvalue weighted by atomic mass is 10.1. The minimum absolute atomic E-state index is 0.0380. The molecule has 1 fully saturated rings. The Kier molecular flexibility index (Phi) is 5.22. The molecule has 6 heteroatoms. The molecule has 1 aliphatic heterocycles. The van der Waals surface area contributed by atoms with Crippen molar-refractivity contribution in [1.29, 1.82) is 0 Å². The van der Waals surface area contributed by atoms with Crippen molar-refractivity contribution in [2.24, 2.45) is 0 Å². The molecule has 2 atom stereocenters. The summed E-state index contributed by atoms with van der Waals surface area (Å²) in [6.07, 6.45) is 0.599. The van der Waals surface area contributed by atoms with E-state index in [-0.39, 0.29) is 11.8 Å². The maximum atomic E-state index is 12.2. The molecule has 1 heterocycles. The Labute approximate surface area is 132 Å². The predicted molar refractivity (Wildman–Crippen MR) is 83.0 cm³/mol. The van der Waals surface area contributed by atoms with Gasteiger partial charge in [-0.15, -0.1) is 0 Å². The van der Waals surface area contributed by atoms with Crippen molar-refractivity contribution in [3.63, 3.8) is 0 Å². The Hall–Kier alpha value is -1.56. The van der Waals surface area contributed by atoms with E-state index in [1.54, 1.807) is 11.8 Å². The van der Waals surface area contributed by atoms with Gasteiger partial charge in [0.15, 0.2) is 0 Å². The normalized spacial score (nSPS) is 22.1. The number of piperazine rings is 1. The second-order valence-electron chi connectivity index (χ2n) is 4.98. The van der Waals surface area contributed by atoms with Crippen LogP contribution in [-0.2, 0) is 9.59 Å². The van der Waals surface area contributed by atoms with E-state index in [9.17, 15) is 9.59 Å². The van der Waals surface area contributed by atoms with Crippen LogP contribution < -0.4 is 10.1 Å². The van der Waals surface area contributed by atoms with E-state index in [1.807, 2.05) is 31.2 Å². The summed E-state index contributed by atoms with van der Waals surface area (Å²) in [4.78, 5) is 25.7. The number of carbonyl (C=O) groups is 2. The number of rotatable bonds is 5. The molecule has 2 amide bonds. The highest BCUT2D eigenvalue weighted by atomic mass is 79.9. The molecule has 1 aromatic rings. The lowest BCUT2D eigenvalue weighted by Crippen LogP contribution is -2.62. The fourth-order valence-electron chi connectivity index (χ4n) is 2.26. The fraction of sp³-hybridized carbons (Fsp3) is 0.467. The molecular formula is C15H19BrN2O3. The third kappa shape index (κ3) is 3.75. The predicted octanol–water partition coefficient (Wildman–Crippen LogP) is 1.95. The quantitative estimate of drug-likeness (QED) is 0.879. The van der Waals surface area contributed by atoms with Crippen molar-refractivity contribution in [3.05, 3.63) is 28.7 Å². The fourth-order valence-corrected chi connectivity index (χ4v) is 2.52. The van der Waals surface area contributed by atoms with Gasteiger partial charge in [-0.2, -0.15) is 0 Å². The number of carbonyl (C=O) groups excluding carboxylic acids is 2. The number of nitrogens with zero attached hydrogens (tertiary/aromatic N) is 1. The second kappa shape index (κ2) is 6.93. The number of nitrogens with one attached hydrogen (secondary N) is 1. The zero-order chi connectivity index (χ0) is 15.4. The molecule has 1 aromatic carbocycles. The molecule has 114 valence electrons. The summed E-state index contributed by atoms with van der Waals surface area (Å²) in [5.41, 5.74) is 0. The van der Waals surface area contributed by atoms with Gasteiger partial charge in [0.2, 0.25) is 11.8 Å². The standard InChI is InChI=1S/C15H19BrN2O3/c1-3-13-15(20)18(10(2)14(19)17-13)8-9-21-12-6-4-11(16)5-7-12/h4-7,10,13H,3,8-9H2,1-2H3,(H,17,19). The zero-order valence-electron chi connectivity index (χ0n) is 12.1. The molecule has 5 nitrogen and oxygen atoms in total. The zero-order valence-corrected chi connectivity index (χ0v) is 13.7. The van der Waals surface area contributed by atoms with Crippen molar-refractivity contribution in [3.8, 4) is 5.75 Å². The van der Waals surface area contributed by atoms with Crippen molar-refractivity contribution in [2.75, 3.05) is 13.2 Å². The van der Waals surface area contributed by atoms with Gasteiger partial charge < -0.3 is 15.0 Å². The Morgan fingerprint density at radius 3 is 2.57 bits per heavy atom. The SMILES string of the molecule is CCC1NC(=O)C(C)N(CCOc2ccc(Br)cc2)C1=O. The Morgan fingerprint density at radius 1 is 1.29 bits per heavy atom. The second-order valence-corrected chi connectivity index (χ2v) is 5.90. The van der Waals surface area contributed by atoms with Gasteiger partial charge in [-0.1, -0.05) is 22.9 Å². The lowest BCUT2D eigenvalue weighted by Gasteiger charge is -2.36. The van der Waals surface area contributed by atoms with Crippen LogP contribution in [0.1, 0.15) is 20.3 Å². The molecule has 21 heavy (non-hydrogen) atoms. The van der Waals surface area contributed by atoms with E-state index in [0.29, 0.717) is 19.6 Å². The van der Waals surface area contributed by atoms with Gasteiger partial charge in [-0.25, -0.2) is 0 Å². The summed E-state index contributed by atoms with van der Waals surface area (Å²) in [6, 6.07) is 6.63. The molecule has 0 radical (unpaired) electrons. The van der Waals surface area contributed by atoms with Crippen molar-refractivity contribution < 1.29 is 14.3 Å². The monoisotopic (exact) mass is 354 g/mol. The maximum absolute atomic E-state index is 12.2. The lowest BCUT2D eigenvalue weighted by molar-refractivity contribution is -0.149. The first-order valence-electron chi connectivity index (χ1n) is 7.02. The minimum Gasteiger partial charge on any atom is -0.492 e. The van der Waals surface area contributed by atoms with Crippen LogP contribution in [-0.4, -0.2) is 41.9 Å². The van der Waals surface area contributed by atoms with Crippen LogP contribution in [0.5, 0.6) is 5.75 Å². The highest BCUT2D eigenvalue weighted by Crippen LogP contribution is 2.17. The third-order valence-corrected chi connectivity index (χ3v) is 4.10. The average Bonchev–Trinajstić information content (AvgIpc) is 2.48. The smallest absolute Gasteiger partial charge is 0.245 e. The number of amides is 2. The summed E-state index contributed by atoms with van der Waals surface area (Å²) in [5, 5.41) is 2.73. The third-order valence-electron chi connectivity index (χ3n) is 3.57. The topological polar surface area (TPSA) is 58.6 Å². The van der Waals surface area contributed by atoms with Gasteiger partial charge in [-0.05, 0) is 37.6 Å². The molecule has 1 aliphatic rings. The molecule has 0 bridgehead atoms. The number of benzene rings is 1. The van der Waals surface area contributed by atoms with Gasteiger partial charge >= 0.3 is 0 Å². The van der Waals surface area contributed by atoms with E-state index in [1.165, 1.54) is 0 Å². The van der Waals surface area contributed by atoms with Crippen LogP contribution in [0.4, 0.5) is 0 Å². The van der Waals surface area contributed by atoms with Gasteiger partial charge in [0.25, 0.3) is 0 Å². The van der Waals surface area contributed by atoms with Crippen molar-refractivity contribution in [2.45, 2.75) is 32.4 Å². The summed E-state index contributed by atoms with van der Waals surface area (Å²) >= 11 is 3.36. The van der Waals surface area contributed by atoms with Crippen LogP contribution in [0.25, 0.3) is 0 Å². The Balaban J connectivity index is 1.92. The van der Waals surface area contributed by atoms with Crippen LogP contribution >= 0.6 is 15.9 Å². The summed E-state index contributed by atoms with van der Waals surface area (Å²) in [6.45, 7) is 4.38. The summed E-state index contributed by atoms with van der Waals surface area (Å²) in [5.74, 6) is 0.598. The number of hydrogen-bond acceptors (Lipinski definition) is 3. The molecule has 0 spiro atoms. The summed E-state index contributed by atoms with van der Waals surface area (Å²) < 4.78 is 6.60. The first-order valence-corrected chi connectivity index (χ1v) is 7.81. The molecule has 1 saturated heterocycles. The van der Waals surface area contributed by atoms with E-state index in [0.717, 1.165) is 10.2 Å². The van der Waals surface area contributed by atoms with E-state index >= 15 is 0 Å². The van der Waals surface area contributed by atoms with E-state index in [2.05, 4.69) is 21.2 Å². The maximum Gasteiger partial charge on any atom is 0.245 e. The van der Waals surface area contributed by atoms with E-state index in [4.69, 9.17) is 4.74 Å². The average molecular weight is 355 g/mol. The molecule has 2 unspecified atom stereocenters. The van der Waals surface area contributed by atoms with Crippen LogP contribution in [0.3, 0.4) is 0 Å². The van der Waals surface area contributed by atoms with Crippen molar-refractivity contribution in [1.82, 2.24) is 10.2 Å². The molecule has 2 rings (SSSR count). The molecular weight excluding hydrogens is 336 g/mol. The van der Waals surface area contributed by atoms with Gasteiger partial charge in [0.1, 0.15) is 24.4 Å². The first-order chi connectivity index (χ1) is 10.0. The highest BCUT2D eigenvalue weighted by molar-refractivity contribution is 9.10. The van der Waals surface area contributed by atoms with Crippen molar-refractivity contribution >= 4 is 27.7 Å². The minimum atomic E-state index is -0.450. The summed E-state index contributed by atoms with van der Waals surface area (Å²) in [7, 11) is 0. The van der Waals surface area contributed by atoms with Crippen LogP contribution in [0, 0.1) is 0 Å². The molecule has 0 aromatic heterocycles. The van der Waals surface area contributed by atoms with Crippen LogP contribution in [0.2, 0.25) is 0 Å². The Bertz CT molecular complexity index is 518. The van der Waals surface area contributed by atoms with Gasteiger partial charge in [0.05, 0.1) is 6.54 Å². The largest absolute Gasteiger partial charge is 0.492 e. The number of hydrogen-bond donors (Lipinski definition) is 1. The number of ether oxygens (including phenoxy) is 1. The van der Waals surface area contributed by atoms with Gasteiger partial charge in [0, 0.05) is 4.47 Å². The van der Waals surface area contributed by atoms with E-state index < -0.39 is 12.1 Å². The molecule has 1 N–H and O–H groups in total. The molecule has 0 saturated carbocycles. The highest BCUT2D eigenvalue weighted by Gasteiger charge is 2.36. The van der Waals surface area contributed by atoms with Crippen LogP contribution in [0.15, 0.2) is 28.7 Å². The number of halogens is 1. The first kappa shape index (κ1) is 15.8.